The zero-order valence-corrected chi connectivity index (χ0v) is 10.8. The minimum absolute atomic E-state index is 0.113. The molecule has 0 aliphatic heterocycles. The lowest BCUT2D eigenvalue weighted by molar-refractivity contribution is -0.138. The van der Waals surface area contributed by atoms with Gasteiger partial charge in [0.2, 0.25) is 0 Å². The minimum Gasteiger partial charge on any atom is -0.504 e. The van der Waals surface area contributed by atoms with E-state index >= 15 is 0 Å². The first-order chi connectivity index (χ1) is 7.40. The van der Waals surface area contributed by atoms with Crippen molar-refractivity contribution >= 4 is 21.9 Å². The molecule has 4 nitrogen and oxygen atoms in total. The van der Waals surface area contributed by atoms with Crippen molar-refractivity contribution in [3.63, 3.8) is 0 Å². The summed E-state index contributed by atoms with van der Waals surface area (Å²) in [5, 5.41) is 18.8. The lowest BCUT2D eigenvalue weighted by Crippen LogP contribution is -2.08. The van der Waals surface area contributed by atoms with Crippen LogP contribution < -0.4 is 4.74 Å². The van der Waals surface area contributed by atoms with Crippen molar-refractivity contribution in [1.82, 2.24) is 0 Å². The van der Waals surface area contributed by atoms with Gasteiger partial charge in [-0.2, -0.15) is 0 Å². The van der Waals surface area contributed by atoms with Gasteiger partial charge in [0.05, 0.1) is 13.0 Å². The fourth-order valence-electron chi connectivity index (χ4n) is 1.44. The summed E-state index contributed by atoms with van der Waals surface area (Å²) in [6, 6.07) is 1.60. The van der Waals surface area contributed by atoms with E-state index in [1.165, 1.54) is 14.0 Å². The average Bonchev–Trinajstić information content (AvgIpc) is 2.23. The van der Waals surface area contributed by atoms with Gasteiger partial charge in [0, 0.05) is 15.6 Å². The van der Waals surface area contributed by atoms with Gasteiger partial charge in [-0.15, -0.1) is 0 Å². The van der Waals surface area contributed by atoms with Gasteiger partial charge in [-0.25, -0.2) is 0 Å². The predicted octanol–water partition coefficient (Wildman–Crippen LogP) is 2.66. The van der Waals surface area contributed by atoms with Crippen LogP contribution in [0, 0.1) is 6.92 Å². The monoisotopic (exact) mass is 288 g/mol. The van der Waals surface area contributed by atoms with Crippen LogP contribution in [0.1, 0.15) is 24.0 Å². The van der Waals surface area contributed by atoms with E-state index in [4.69, 9.17) is 9.84 Å². The van der Waals surface area contributed by atoms with E-state index in [0.29, 0.717) is 15.8 Å². The average molecular weight is 289 g/mol. The highest BCUT2D eigenvalue weighted by Gasteiger charge is 2.22. The number of hydrogen-bond donors (Lipinski definition) is 2. The second-order valence-corrected chi connectivity index (χ2v) is 4.37. The first-order valence-electron chi connectivity index (χ1n) is 4.68. The topological polar surface area (TPSA) is 66.8 Å². The molecule has 0 aromatic heterocycles. The highest BCUT2D eigenvalue weighted by atomic mass is 79.9. The molecule has 1 rings (SSSR count). The van der Waals surface area contributed by atoms with Crippen molar-refractivity contribution in [3.05, 3.63) is 21.7 Å². The summed E-state index contributed by atoms with van der Waals surface area (Å²) in [5.41, 5.74) is 1.07. The van der Waals surface area contributed by atoms with Crippen LogP contribution in [0.4, 0.5) is 0 Å². The van der Waals surface area contributed by atoms with E-state index in [1.54, 1.807) is 13.0 Å². The number of hydrogen-bond acceptors (Lipinski definition) is 3. The zero-order chi connectivity index (χ0) is 12.5. The molecule has 88 valence electrons. The molecule has 0 saturated carbocycles. The Morgan fingerprint density at radius 3 is 2.56 bits per heavy atom. The van der Waals surface area contributed by atoms with Crippen molar-refractivity contribution in [2.45, 2.75) is 19.8 Å². The fraction of sp³-hybridized carbons (Fsp3) is 0.364. The molecule has 1 unspecified atom stereocenters. The molecule has 0 fully saturated rings. The van der Waals surface area contributed by atoms with E-state index in [1.807, 2.05) is 0 Å². The Balaban J connectivity index is 3.42. The van der Waals surface area contributed by atoms with Gasteiger partial charge in [-0.3, -0.25) is 4.79 Å². The molecule has 0 aliphatic rings. The summed E-state index contributed by atoms with van der Waals surface area (Å²) < 4.78 is 5.77. The second kappa shape index (κ2) is 4.74. The molecule has 0 saturated heterocycles. The number of methoxy groups -OCH3 is 1. The maximum Gasteiger partial charge on any atom is 0.310 e. The summed E-state index contributed by atoms with van der Waals surface area (Å²) in [6.45, 7) is 3.29. The number of carbonyl (C=O) groups is 1. The van der Waals surface area contributed by atoms with Crippen LogP contribution in [-0.2, 0) is 4.79 Å². The number of benzene rings is 1. The third kappa shape index (κ3) is 2.14. The van der Waals surface area contributed by atoms with Crippen LogP contribution >= 0.6 is 15.9 Å². The molecule has 0 radical (unpaired) electrons. The molecule has 0 aliphatic carbocycles. The van der Waals surface area contributed by atoms with Crippen LogP contribution in [0.5, 0.6) is 11.5 Å². The van der Waals surface area contributed by atoms with Gasteiger partial charge >= 0.3 is 5.97 Å². The molecule has 1 aromatic rings. The summed E-state index contributed by atoms with van der Waals surface area (Å²) in [4.78, 5) is 10.9. The fourth-order valence-corrected chi connectivity index (χ4v) is 1.87. The third-order valence-corrected chi connectivity index (χ3v) is 3.33. The number of ether oxygens (including phenoxy) is 1. The number of rotatable bonds is 3. The maximum absolute atomic E-state index is 10.9. The molecule has 0 bridgehead atoms. The molecule has 16 heavy (non-hydrogen) atoms. The smallest absolute Gasteiger partial charge is 0.310 e. The Kier molecular flexibility index (Phi) is 3.80. The van der Waals surface area contributed by atoms with Crippen molar-refractivity contribution in [2.24, 2.45) is 0 Å². The van der Waals surface area contributed by atoms with Gasteiger partial charge in [-0.1, -0.05) is 15.9 Å². The largest absolute Gasteiger partial charge is 0.504 e. The Labute approximate surface area is 102 Å². The number of carboxylic acids is 1. The van der Waals surface area contributed by atoms with E-state index in [-0.39, 0.29) is 5.75 Å². The number of phenols is 1. The predicted molar refractivity (Wildman–Crippen MR) is 63.1 cm³/mol. The van der Waals surface area contributed by atoms with E-state index < -0.39 is 11.9 Å². The minimum atomic E-state index is -0.992. The Morgan fingerprint density at radius 1 is 1.56 bits per heavy atom. The quantitative estimate of drug-likeness (QED) is 0.897. The highest BCUT2D eigenvalue weighted by molar-refractivity contribution is 9.10. The first-order valence-corrected chi connectivity index (χ1v) is 5.48. The standard InChI is InChI=1S/C11H13BrO4/c1-5(11(14)15)7-4-8(12)6(2)10(16-3)9(7)13/h4-5,13H,1-3H3,(H,14,15). The normalized spacial score (nSPS) is 12.2. The molecule has 1 atom stereocenters. The number of aliphatic carboxylic acids is 1. The first kappa shape index (κ1) is 12.8. The SMILES string of the molecule is COc1c(C)c(Br)cc(C(C)C(=O)O)c1O. The third-order valence-electron chi connectivity index (χ3n) is 2.51. The van der Waals surface area contributed by atoms with Crippen LogP contribution in [-0.4, -0.2) is 23.3 Å². The molecule has 0 heterocycles. The van der Waals surface area contributed by atoms with E-state index in [2.05, 4.69) is 15.9 Å². The lowest BCUT2D eigenvalue weighted by atomic mass is 9.98. The Bertz CT molecular complexity index is 428. The van der Waals surface area contributed by atoms with Gasteiger partial charge < -0.3 is 14.9 Å². The molecular weight excluding hydrogens is 276 g/mol. The highest BCUT2D eigenvalue weighted by Crippen LogP contribution is 2.41. The van der Waals surface area contributed by atoms with Crippen molar-refractivity contribution in [1.29, 1.82) is 0 Å². The summed E-state index contributed by atoms with van der Waals surface area (Å²) in [7, 11) is 1.43. The summed E-state index contributed by atoms with van der Waals surface area (Å²) in [6.07, 6.45) is 0. The Hall–Kier alpha value is -1.23. The Morgan fingerprint density at radius 2 is 2.12 bits per heavy atom. The maximum atomic E-state index is 10.9. The van der Waals surface area contributed by atoms with Gasteiger partial charge in [0.15, 0.2) is 11.5 Å². The number of halogens is 1. The number of phenolic OH excluding ortho intramolecular Hbond substituents is 1. The van der Waals surface area contributed by atoms with Gasteiger partial charge in [0.25, 0.3) is 0 Å². The van der Waals surface area contributed by atoms with Crippen molar-refractivity contribution in [2.75, 3.05) is 7.11 Å². The van der Waals surface area contributed by atoms with Crippen LogP contribution in [0.3, 0.4) is 0 Å². The van der Waals surface area contributed by atoms with E-state index in [9.17, 15) is 9.90 Å². The van der Waals surface area contributed by atoms with Crippen molar-refractivity contribution in [3.8, 4) is 11.5 Å². The summed E-state index contributed by atoms with van der Waals surface area (Å²) >= 11 is 3.31. The molecule has 5 heteroatoms. The van der Waals surface area contributed by atoms with Crippen molar-refractivity contribution < 1.29 is 19.7 Å². The number of carboxylic acid groups (broad SMARTS) is 1. The second-order valence-electron chi connectivity index (χ2n) is 3.51. The van der Waals surface area contributed by atoms with Crippen LogP contribution in [0.2, 0.25) is 0 Å². The van der Waals surface area contributed by atoms with Crippen LogP contribution in [0.25, 0.3) is 0 Å². The summed E-state index contributed by atoms with van der Waals surface area (Å²) in [5.74, 6) is -1.59. The molecule has 2 N–H and O–H groups in total. The molecule has 0 spiro atoms. The van der Waals surface area contributed by atoms with Gasteiger partial charge in [-0.05, 0) is 19.9 Å². The van der Waals surface area contributed by atoms with E-state index in [0.717, 1.165) is 5.56 Å². The molecule has 0 amide bonds. The lowest BCUT2D eigenvalue weighted by Gasteiger charge is -2.15. The number of aromatic hydroxyl groups is 1. The van der Waals surface area contributed by atoms with Gasteiger partial charge in [0.1, 0.15) is 0 Å². The zero-order valence-electron chi connectivity index (χ0n) is 9.24. The van der Waals surface area contributed by atoms with Crippen LogP contribution in [0.15, 0.2) is 10.5 Å². The molecular formula is C11H13BrO4. The molecule has 1 aromatic carbocycles.